The lowest BCUT2D eigenvalue weighted by Gasteiger charge is -2.21. The first kappa shape index (κ1) is 16.6. The van der Waals surface area contributed by atoms with E-state index in [-0.39, 0.29) is 6.04 Å². The van der Waals surface area contributed by atoms with E-state index in [1.54, 1.807) is 7.11 Å². The van der Waals surface area contributed by atoms with Crippen molar-refractivity contribution in [2.75, 3.05) is 12.4 Å². The van der Waals surface area contributed by atoms with E-state index in [1.165, 1.54) is 5.56 Å². The molecule has 1 heterocycles. The number of nitrogens with one attached hydrogen (secondary N) is 1. The van der Waals surface area contributed by atoms with E-state index in [2.05, 4.69) is 44.4 Å². The third kappa shape index (κ3) is 4.60. The molecule has 1 aromatic carbocycles. The van der Waals surface area contributed by atoms with Gasteiger partial charge in [-0.25, -0.2) is 0 Å². The Morgan fingerprint density at radius 2 is 2.05 bits per heavy atom. The molecule has 3 nitrogen and oxygen atoms in total. The molecular formula is C18H21BrN2O. The van der Waals surface area contributed by atoms with Crippen LogP contribution in [0.15, 0.2) is 59.4 Å². The number of allylic oxidation sites excluding steroid dienone is 2. The summed E-state index contributed by atoms with van der Waals surface area (Å²) in [5.74, 6) is 0.862. The fourth-order valence-electron chi connectivity index (χ4n) is 2.29. The Labute approximate surface area is 140 Å². The number of benzene rings is 1. The van der Waals surface area contributed by atoms with Gasteiger partial charge in [0.25, 0.3) is 0 Å². The molecule has 0 fully saturated rings. The van der Waals surface area contributed by atoms with Crippen molar-refractivity contribution in [3.63, 3.8) is 0 Å². The summed E-state index contributed by atoms with van der Waals surface area (Å²) in [4.78, 5) is 4.15. The highest BCUT2D eigenvalue weighted by molar-refractivity contribution is 9.10. The van der Waals surface area contributed by atoms with E-state index in [4.69, 9.17) is 4.74 Å². The van der Waals surface area contributed by atoms with Gasteiger partial charge in [0.05, 0.1) is 13.2 Å². The van der Waals surface area contributed by atoms with E-state index in [9.17, 15) is 0 Å². The van der Waals surface area contributed by atoms with Gasteiger partial charge < -0.3 is 10.1 Å². The Morgan fingerprint density at radius 1 is 1.27 bits per heavy atom. The number of hydrogen-bond acceptors (Lipinski definition) is 3. The van der Waals surface area contributed by atoms with Crippen LogP contribution in [0.4, 0.5) is 5.69 Å². The summed E-state index contributed by atoms with van der Waals surface area (Å²) >= 11 is 3.60. The van der Waals surface area contributed by atoms with E-state index < -0.39 is 0 Å². The average Bonchev–Trinajstić information content (AvgIpc) is 2.55. The second-order valence-electron chi connectivity index (χ2n) is 4.97. The fourth-order valence-corrected chi connectivity index (χ4v) is 2.82. The highest BCUT2D eigenvalue weighted by Crippen LogP contribution is 2.29. The highest BCUT2D eigenvalue weighted by Gasteiger charge is 2.14. The first-order valence-corrected chi connectivity index (χ1v) is 8.15. The molecule has 1 aromatic heterocycles. The second kappa shape index (κ2) is 8.59. The zero-order valence-corrected chi connectivity index (χ0v) is 14.5. The largest absolute Gasteiger partial charge is 0.497 e. The van der Waals surface area contributed by atoms with Crippen molar-refractivity contribution in [3.05, 3.63) is 64.9 Å². The molecule has 0 saturated heterocycles. The van der Waals surface area contributed by atoms with Gasteiger partial charge in [-0.05, 0) is 71.6 Å². The molecule has 0 saturated carbocycles. The minimum absolute atomic E-state index is 0.224. The van der Waals surface area contributed by atoms with Crippen molar-refractivity contribution in [2.45, 2.75) is 25.8 Å². The maximum absolute atomic E-state index is 5.20. The SMILES string of the molecule is C/C=C/CC[C@@H](Nc1ccc(OC)cc1)c1ccncc1Br. The van der Waals surface area contributed by atoms with Gasteiger partial charge in [-0.2, -0.15) is 0 Å². The van der Waals surface area contributed by atoms with Crippen molar-refractivity contribution in [2.24, 2.45) is 0 Å². The number of aromatic nitrogens is 1. The first-order valence-electron chi connectivity index (χ1n) is 7.35. The van der Waals surface area contributed by atoms with E-state index in [1.807, 2.05) is 43.6 Å². The lowest BCUT2D eigenvalue weighted by molar-refractivity contribution is 0.415. The summed E-state index contributed by atoms with van der Waals surface area (Å²) in [6.45, 7) is 2.05. The molecule has 0 aliphatic rings. The van der Waals surface area contributed by atoms with Gasteiger partial charge in [0.15, 0.2) is 0 Å². The average molecular weight is 361 g/mol. The highest BCUT2D eigenvalue weighted by atomic mass is 79.9. The fraction of sp³-hybridized carbons (Fsp3) is 0.278. The van der Waals surface area contributed by atoms with Crippen LogP contribution in [0.3, 0.4) is 0 Å². The number of ether oxygens (including phenoxy) is 1. The molecule has 1 atom stereocenters. The molecular weight excluding hydrogens is 340 g/mol. The summed E-state index contributed by atoms with van der Waals surface area (Å²) in [7, 11) is 1.68. The van der Waals surface area contributed by atoms with Crippen LogP contribution in [0.1, 0.15) is 31.4 Å². The van der Waals surface area contributed by atoms with Crippen LogP contribution in [0, 0.1) is 0 Å². The lowest BCUT2D eigenvalue weighted by atomic mass is 10.0. The third-order valence-electron chi connectivity index (χ3n) is 3.47. The number of nitrogens with zero attached hydrogens (tertiary/aromatic N) is 1. The lowest BCUT2D eigenvalue weighted by Crippen LogP contribution is -2.11. The van der Waals surface area contributed by atoms with Crippen LogP contribution in [0.2, 0.25) is 0 Å². The van der Waals surface area contributed by atoms with Gasteiger partial charge in [0.2, 0.25) is 0 Å². The zero-order valence-electron chi connectivity index (χ0n) is 12.9. The second-order valence-corrected chi connectivity index (χ2v) is 5.82. The van der Waals surface area contributed by atoms with Crippen molar-refractivity contribution < 1.29 is 4.74 Å². The van der Waals surface area contributed by atoms with Gasteiger partial charge in [0.1, 0.15) is 5.75 Å². The Hall–Kier alpha value is -1.81. The predicted molar refractivity (Wildman–Crippen MR) is 95.3 cm³/mol. The number of methoxy groups -OCH3 is 1. The van der Waals surface area contributed by atoms with Crippen LogP contribution in [-0.2, 0) is 0 Å². The van der Waals surface area contributed by atoms with Crippen LogP contribution in [0.25, 0.3) is 0 Å². The quantitative estimate of drug-likeness (QED) is 0.674. The number of pyridine rings is 1. The zero-order chi connectivity index (χ0) is 15.8. The smallest absolute Gasteiger partial charge is 0.119 e. The Bertz CT molecular complexity index is 611. The van der Waals surface area contributed by atoms with Gasteiger partial charge in [0, 0.05) is 22.6 Å². The third-order valence-corrected chi connectivity index (χ3v) is 4.13. The molecule has 22 heavy (non-hydrogen) atoms. The molecule has 0 amide bonds. The molecule has 4 heteroatoms. The molecule has 0 unspecified atom stereocenters. The molecule has 2 aromatic rings. The number of rotatable bonds is 7. The number of halogens is 1. The van der Waals surface area contributed by atoms with Crippen LogP contribution < -0.4 is 10.1 Å². The van der Waals surface area contributed by atoms with Gasteiger partial charge in [-0.15, -0.1) is 0 Å². The maximum Gasteiger partial charge on any atom is 0.119 e. The molecule has 116 valence electrons. The Morgan fingerprint density at radius 3 is 2.68 bits per heavy atom. The number of anilines is 1. The van der Waals surface area contributed by atoms with Crippen molar-refractivity contribution in [3.8, 4) is 5.75 Å². The van der Waals surface area contributed by atoms with Crippen LogP contribution in [0.5, 0.6) is 5.75 Å². The molecule has 0 radical (unpaired) electrons. The number of hydrogen-bond donors (Lipinski definition) is 1. The van der Waals surface area contributed by atoms with E-state index >= 15 is 0 Å². The molecule has 1 N–H and O–H groups in total. The first-order chi connectivity index (χ1) is 10.7. The van der Waals surface area contributed by atoms with E-state index in [0.717, 1.165) is 28.8 Å². The molecule has 0 spiro atoms. The monoisotopic (exact) mass is 360 g/mol. The van der Waals surface area contributed by atoms with Crippen LogP contribution >= 0.6 is 15.9 Å². The normalized spacial score (nSPS) is 12.3. The molecule has 0 aliphatic heterocycles. The molecule has 0 aliphatic carbocycles. The van der Waals surface area contributed by atoms with Crippen molar-refractivity contribution >= 4 is 21.6 Å². The van der Waals surface area contributed by atoms with Gasteiger partial charge >= 0.3 is 0 Å². The minimum atomic E-state index is 0.224. The van der Waals surface area contributed by atoms with Crippen molar-refractivity contribution in [1.82, 2.24) is 4.98 Å². The van der Waals surface area contributed by atoms with Gasteiger partial charge in [-0.1, -0.05) is 12.2 Å². The predicted octanol–water partition coefficient (Wildman–Crippen LogP) is 5.36. The Kier molecular flexibility index (Phi) is 6.46. The Balaban J connectivity index is 2.18. The van der Waals surface area contributed by atoms with Crippen molar-refractivity contribution in [1.29, 1.82) is 0 Å². The molecule has 0 bridgehead atoms. The topological polar surface area (TPSA) is 34.1 Å². The summed E-state index contributed by atoms with van der Waals surface area (Å²) in [5, 5.41) is 3.60. The summed E-state index contributed by atoms with van der Waals surface area (Å²) < 4.78 is 6.23. The van der Waals surface area contributed by atoms with Gasteiger partial charge in [-0.3, -0.25) is 4.98 Å². The van der Waals surface area contributed by atoms with Crippen LogP contribution in [-0.4, -0.2) is 12.1 Å². The summed E-state index contributed by atoms with van der Waals surface area (Å²) in [6, 6.07) is 10.3. The standard InChI is InChI=1S/C18H21BrN2O/c1-3-4-5-6-18(16-11-12-20-13-17(16)19)21-14-7-9-15(22-2)10-8-14/h3-4,7-13,18,21H,5-6H2,1-2H3/b4-3+/t18-/m1/s1. The van der Waals surface area contributed by atoms with E-state index in [0.29, 0.717) is 0 Å². The summed E-state index contributed by atoms with van der Waals surface area (Å²) in [6.07, 6.45) is 9.99. The minimum Gasteiger partial charge on any atom is -0.497 e. The molecule has 2 rings (SSSR count). The maximum atomic E-state index is 5.20. The summed E-state index contributed by atoms with van der Waals surface area (Å²) in [5.41, 5.74) is 2.30.